The lowest BCUT2D eigenvalue weighted by molar-refractivity contribution is -0.157. The first-order valence-corrected chi connectivity index (χ1v) is 8.11. The maximum absolute atomic E-state index is 14.3. The van der Waals surface area contributed by atoms with Crippen LogP contribution in [0.2, 0.25) is 5.02 Å². The smallest absolute Gasteiger partial charge is 0.344 e. The first-order valence-electron chi connectivity index (χ1n) is 7.73. The molecule has 0 saturated carbocycles. The van der Waals surface area contributed by atoms with E-state index in [1.807, 2.05) is 0 Å². The fourth-order valence-corrected chi connectivity index (χ4v) is 2.40. The van der Waals surface area contributed by atoms with E-state index in [0.717, 1.165) is 0 Å². The van der Waals surface area contributed by atoms with Gasteiger partial charge in [-0.25, -0.2) is 9.18 Å². The highest BCUT2D eigenvalue weighted by Crippen LogP contribution is 2.35. The average molecular weight is 367 g/mol. The fourth-order valence-electron chi connectivity index (χ4n) is 2.22. The van der Waals surface area contributed by atoms with Gasteiger partial charge in [0.05, 0.1) is 6.61 Å². The molecule has 134 valence electrons. The minimum Gasteiger partial charge on any atom is -0.481 e. The van der Waals surface area contributed by atoms with Gasteiger partial charge >= 0.3 is 5.97 Å². The van der Waals surface area contributed by atoms with Crippen molar-refractivity contribution in [3.05, 3.63) is 52.8 Å². The molecule has 0 aliphatic carbocycles. The van der Waals surface area contributed by atoms with Crippen molar-refractivity contribution in [2.45, 2.75) is 33.0 Å². The van der Waals surface area contributed by atoms with Crippen LogP contribution in [0.3, 0.4) is 0 Å². The SMILES string of the molecule is CC(C)(C)OC(=O)COc1ccc(Cl)cc1-c1cc(CO)ccc1F. The molecule has 0 heterocycles. The third-order valence-corrected chi connectivity index (χ3v) is 3.45. The maximum Gasteiger partial charge on any atom is 0.344 e. The molecule has 6 heteroatoms. The third-order valence-electron chi connectivity index (χ3n) is 3.21. The van der Waals surface area contributed by atoms with Crippen molar-refractivity contribution in [3.8, 4) is 16.9 Å². The Bertz CT molecular complexity index is 769. The van der Waals surface area contributed by atoms with E-state index in [9.17, 15) is 14.3 Å². The van der Waals surface area contributed by atoms with E-state index in [-0.39, 0.29) is 18.8 Å². The van der Waals surface area contributed by atoms with Crippen LogP contribution < -0.4 is 4.74 Å². The highest BCUT2D eigenvalue weighted by molar-refractivity contribution is 6.31. The maximum atomic E-state index is 14.3. The number of aliphatic hydroxyl groups is 1. The number of carbonyl (C=O) groups excluding carboxylic acids is 1. The first-order chi connectivity index (χ1) is 11.7. The Morgan fingerprint density at radius 2 is 1.88 bits per heavy atom. The van der Waals surface area contributed by atoms with Crippen molar-refractivity contribution >= 4 is 17.6 Å². The van der Waals surface area contributed by atoms with Crippen LogP contribution in [0.5, 0.6) is 5.75 Å². The summed E-state index contributed by atoms with van der Waals surface area (Å²) in [6.07, 6.45) is 0. The Morgan fingerprint density at radius 1 is 1.16 bits per heavy atom. The number of carbonyl (C=O) groups is 1. The van der Waals surface area contributed by atoms with Crippen LogP contribution in [0.15, 0.2) is 36.4 Å². The minimum absolute atomic E-state index is 0.220. The molecule has 0 amide bonds. The number of aliphatic hydroxyl groups excluding tert-OH is 1. The van der Waals surface area contributed by atoms with Gasteiger partial charge in [0.25, 0.3) is 0 Å². The highest BCUT2D eigenvalue weighted by atomic mass is 35.5. The average Bonchev–Trinajstić information content (AvgIpc) is 2.52. The van der Waals surface area contributed by atoms with E-state index in [0.29, 0.717) is 21.9 Å². The number of hydrogen-bond donors (Lipinski definition) is 1. The molecule has 0 atom stereocenters. The van der Waals surface area contributed by atoms with Gasteiger partial charge < -0.3 is 14.6 Å². The number of esters is 1. The molecule has 0 aliphatic heterocycles. The Balaban J connectivity index is 2.31. The van der Waals surface area contributed by atoms with Gasteiger partial charge in [0.15, 0.2) is 6.61 Å². The van der Waals surface area contributed by atoms with E-state index < -0.39 is 17.4 Å². The van der Waals surface area contributed by atoms with Crippen LogP contribution in [0.1, 0.15) is 26.3 Å². The first kappa shape index (κ1) is 19.2. The molecule has 0 saturated heterocycles. The summed E-state index contributed by atoms with van der Waals surface area (Å²) in [7, 11) is 0. The zero-order chi connectivity index (χ0) is 18.6. The number of halogens is 2. The van der Waals surface area contributed by atoms with Crippen molar-refractivity contribution in [2.24, 2.45) is 0 Å². The van der Waals surface area contributed by atoms with Gasteiger partial charge in [-0.1, -0.05) is 17.7 Å². The Hall–Kier alpha value is -2.11. The van der Waals surface area contributed by atoms with Gasteiger partial charge in [-0.3, -0.25) is 0 Å². The van der Waals surface area contributed by atoms with Crippen LogP contribution in [-0.2, 0) is 16.1 Å². The molecule has 2 rings (SSSR count). The molecule has 0 unspecified atom stereocenters. The molecular formula is C19H20ClFO4. The summed E-state index contributed by atoms with van der Waals surface area (Å²) < 4.78 is 25.0. The summed E-state index contributed by atoms with van der Waals surface area (Å²) in [5, 5.41) is 9.66. The van der Waals surface area contributed by atoms with Gasteiger partial charge in [0, 0.05) is 16.1 Å². The molecule has 2 aromatic carbocycles. The normalized spacial score (nSPS) is 11.3. The molecule has 1 N–H and O–H groups in total. The second-order valence-electron chi connectivity index (χ2n) is 6.49. The Labute approximate surface area is 151 Å². The lowest BCUT2D eigenvalue weighted by atomic mass is 10.0. The van der Waals surface area contributed by atoms with Crippen LogP contribution in [-0.4, -0.2) is 23.3 Å². The second-order valence-corrected chi connectivity index (χ2v) is 6.92. The second kappa shape index (κ2) is 7.85. The predicted octanol–water partition coefficient (Wildman–Crippen LogP) is 4.36. The number of hydrogen-bond acceptors (Lipinski definition) is 4. The molecular weight excluding hydrogens is 347 g/mol. The lowest BCUT2D eigenvalue weighted by Crippen LogP contribution is -2.27. The topological polar surface area (TPSA) is 55.8 Å². The standard InChI is InChI=1S/C19H20ClFO4/c1-19(2,3)25-18(23)11-24-17-7-5-13(20)9-15(17)14-8-12(10-22)4-6-16(14)21/h4-9,22H,10-11H2,1-3H3. The zero-order valence-corrected chi connectivity index (χ0v) is 15.1. The van der Waals surface area contributed by atoms with Crippen LogP contribution in [0.25, 0.3) is 11.1 Å². The summed E-state index contributed by atoms with van der Waals surface area (Å²) >= 11 is 6.02. The fraction of sp³-hybridized carbons (Fsp3) is 0.316. The Kier molecular flexibility index (Phi) is 6.03. The van der Waals surface area contributed by atoms with E-state index in [2.05, 4.69) is 0 Å². The van der Waals surface area contributed by atoms with Crippen molar-refractivity contribution < 1.29 is 23.8 Å². The number of benzene rings is 2. The molecule has 25 heavy (non-hydrogen) atoms. The van der Waals surface area contributed by atoms with Crippen LogP contribution >= 0.6 is 11.6 Å². The summed E-state index contributed by atoms with van der Waals surface area (Å²) in [6.45, 7) is 4.74. The van der Waals surface area contributed by atoms with E-state index in [1.54, 1.807) is 39.0 Å². The molecule has 0 spiro atoms. The van der Waals surface area contributed by atoms with Gasteiger partial charge in [-0.05, 0) is 56.7 Å². The molecule has 4 nitrogen and oxygen atoms in total. The van der Waals surface area contributed by atoms with Crippen molar-refractivity contribution in [3.63, 3.8) is 0 Å². The minimum atomic E-state index is -0.620. The summed E-state index contributed by atoms with van der Waals surface area (Å²) in [5.41, 5.74) is 0.553. The van der Waals surface area contributed by atoms with Gasteiger partial charge in [-0.2, -0.15) is 0 Å². The number of rotatable bonds is 5. The third kappa shape index (κ3) is 5.44. The molecule has 0 bridgehead atoms. The molecule has 0 fully saturated rings. The van der Waals surface area contributed by atoms with Crippen LogP contribution in [0.4, 0.5) is 4.39 Å². The van der Waals surface area contributed by atoms with E-state index in [1.165, 1.54) is 18.2 Å². The molecule has 0 radical (unpaired) electrons. The predicted molar refractivity (Wildman–Crippen MR) is 94.1 cm³/mol. The quantitative estimate of drug-likeness (QED) is 0.799. The lowest BCUT2D eigenvalue weighted by Gasteiger charge is -2.20. The summed E-state index contributed by atoms with van der Waals surface area (Å²) in [4.78, 5) is 11.8. The monoisotopic (exact) mass is 366 g/mol. The molecule has 0 aliphatic rings. The van der Waals surface area contributed by atoms with Gasteiger partial charge in [0.2, 0.25) is 0 Å². The van der Waals surface area contributed by atoms with Crippen molar-refractivity contribution in [1.82, 2.24) is 0 Å². The van der Waals surface area contributed by atoms with Crippen molar-refractivity contribution in [2.75, 3.05) is 6.61 Å². The largest absolute Gasteiger partial charge is 0.481 e. The summed E-state index contributed by atoms with van der Waals surface area (Å²) in [5.74, 6) is -0.719. The molecule has 0 aromatic heterocycles. The molecule has 2 aromatic rings. The zero-order valence-electron chi connectivity index (χ0n) is 14.3. The van der Waals surface area contributed by atoms with E-state index in [4.69, 9.17) is 21.1 Å². The number of ether oxygens (including phenoxy) is 2. The van der Waals surface area contributed by atoms with Gasteiger partial charge in [-0.15, -0.1) is 0 Å². The van der Waals surface area contributed by atoms with Crippen molar-refractivity contribution in [1.29, 1.82) is 0 Å². The Morgan fingerprint density at radius 3 is 2.52 bits per heavy atom. The summed E-state index contributed by atoms with van der Waals surface area (Å²) in [6, 6.07) is 8.97. The highest BCUT2D eigenvalue weighted by Gasteiger charge is 2.18. The van der Waals surface area contributed by atoms with Crippen LogP contribution in [0, 0.1) is 5.82 Å². The van der Waals surface area contributed by atoms with Gasteiger partial charge in [0.1, 0.15) is 17.2 Å². The van der Waals surface area contributed by atoms with E-state index >= 15 is 0 Å².